The maximum absolute atomic E-state index is 4.61. The summed E-state index contributed by atoms with van der Waals surface area (Å²) in [6.07, 6.45) is 1.86. The Bertz CT molecular complexity index is 2700. The second-order valence-electron chi connectivity index (χ2n) is 14.0. The fourth-order valence-corrected chi connectivity index (χ4v) is 9.10. The SMILES string of the molecule is CC1(C)c2ccccc2-c2cc3c4cc(-c5ccc(-c6ccccn6)s5)ccc4n(-c4cc(-c5ccccc5)cc(-c5ccccc5)c4)c3cc21. The lowest BCUT2D eigenvalue weighted by atomic mass is 9.82. The molecule has 0 aliphatic heterocycles. The van der Waals surface area contributed by atoms with E-state index in [1.807, 2.05) is 12.3 Å². The summed E-state index contributed by atoms with van der Waals surface area (Å²) in [7, 11) is 0. The smallest absolute Gasteiger partial charge is 0.0801 e. The number of hydrogen-bond acceptors (Lipinski definition) is 2. The van der Waals surface area contributed by atoms with Gasteiger partial charge in [-0.05, 0) is 117 Å². The van der Waals surface area contributed by atoms with E-state index in [-0.39, 0.29) is 5.41 Å². The minimum Gasteiger partial charge on any atom is -0.309 e. The summed E-state index contributed by atoms with van der Waals surface area (Å²) in [6, 6.07) is 60.0. The fourth-order valence-electron chi connectivity index (χ4n) is 8.12. The average Bonchev–Trinajstić information content (AvgIpc) is 3.87. The van der Waals surface area contributed by atoms with Crippen LogP contribution in [-0.4, -0.2) is 9.55 Å². The minimum absolute atomic E-state index is 0.105. The number of benzene rings is 6. The molecule has 0 bridgehead atoms. The maximum atomic E-state index is 4.61. The zero-order chi connectivity index (χ0) is 34.1. The lowest BCUT2D eigenvalue weighted by Crippen LogP contribution is -2.14. The second kappa shape index (κ2) is 11.5. The number of hydrogen-bond donors (Lipinski definition) is 0. The molecule has 3 heterocycles. The van der Waals surface area contributed by atoms with Gasteiger partial charge >= 0.3 is 0 Å². The Labute approximate surface area is 302 Å². The predicted octanol–water partition coefficient (Wildman–Crippen LogP) is 13.2. The van der Waals surface area contributed by atoms with Gasteiger partial charge in [-0.2, -0.15) is 0 Å². The van der Waals surface area contributed by atoms with Gasteiger partial charge in [0.25, 0.3) is 0 Å². The highest BCUT2D eigenvalue weighted by molar-refractivity contribution is 7.18. The van der Waals surface area contributed by atoms with Crippen LogP contribution in [0.2, 0.25) is 0 Å². The molecule has 3 heteroatoms. The van der Waals surface area contributed by atoms with Crippen LogP contribution in [0.15, 0.2) is 170 Å². The predicted molar refractivity (Wildman–Crippen MR) is 216 cm³/mol. The largest absolute Gasteiger partial charge is 0.309 e. The third-order valence-electron chi connectivity index (χ3n) is 10.7. The summed E-state index contributed by atoms with van der Waals surface area (Å²) >= 11 is 1.80. The van der Waals surface area contributed by atoms with Crippen LogP contribution in [0.4, 0.5) is 0 Å². The lowest BCUT2D eigenvalue weighted by Gasteiger charge is -2.22. The molecule has 9 aromatic rings. The Kier molecular flexibility index (Phi) is 6.74. The van der Waals surface area contributed by atoms with Crippen LogP contribution in [0.3, 0.4) is 0 Å². The topological polar surface area (TPSA) is 17.8 Å². The van der Waals surface area contributed by atoms with Gasteiger partial charge in [0.1, 0.15) is 0 Å². The molecule has 242 valence electrons. The van der Waals surface area contributed by atoms with Gasteiger partial charge in [0, 0.05) is 32.9 Å². The van der Waals surface area contributed by atoms with Crippen molar-refractivity contribution in [3.8, 4) is 60.1 Å². The van der Waals surface area contributed by atoms with Gasteiger partial charge in [0.2, 0.25) is 0 Å². The summed E-state index contributed by atoms with van der Waals surface area (Å²) in [5, 5.41) is 2.53. The second-order valence-corrected chi connectivity index (χ2v) is 15.1. The van der Waals surface area contributed by atoms with E-state index in [1.165, 1.54) is 81.6 Å². The van der Waals surface area contributed by atoms with Gasteiger partial charge < -0.3 is 4.57 Å². The molecule has 2 nitrogen and oxygen atoms in total. The Balaban J connectivity index is 1.25. The van der Waals surface area contributed by atoms with Gasteiger partial charge in [-0.3, -0.25) is 4.98 Å². The van der Waals surface area contributed by atoms with Crippen molar-refractivity contribution in [2.75, 3.05) is 0 Å². The highest BCUT2D eigenvalue weighted by Gasteiger charge is 2.36. The highest BCUT2D eigenvalue weighted by Crippen LogP contribution is 2.51. The first-order chi connectivity index (χ1) is 25.0. The third kappa shape index (κ3) is 4.80. The maximum Gasteiger partial charge on any atom is 0.0801 e. The summed E-state index contributed by atoms with van der Waals surface area (Å²) in [5.41, 5.74) is 16.0. The highest BCUT2D eigenvalue weighted by atomic mass is 32.1. The number of fused-ring (bicyclic) bond motifs is 6. The van der Waals surface area contributed by atoms with Crippen molar-refractivity contribution in [2.24, 2.45) is 0 Å². The summed E-state index contributed by atoms with van der Waals surface area (Å²) in [6.45, 7) is 4.74. The van der Waals surface area contributed by atoms with Crippen molar-refractivity contribution in [1.82, 2.24) is 9.55 Å². The van der Waals surface area contributed by atoms with Crippen LogP contribution in [-0.2, 0) is 5.41 Å². The molecule has 0 atom stereocenters. The summed E-state index contributed by atoms with van der Waals surface area (Å²) < 4.78 is 2.50. The Morgan fingerprint density at radius 3 is 1.86 bits per heavy atom. The molecule has 3 aromatic heterocycles. The Morgan fingerprint density at radius 1 is 0.471 bits per heavy atom. The minimum atomic E-state index is -0.105. The molecule has 0 N–H and O–H groups in total. The lowest BCUT2D eigenvalue weighted by molar-refractivity contribution is 0.661. The van der Waals surface area contributed by atoms with E-state index >= 15 is 0 Å². The van der Waals surface area contributed by atoms with E-state index < -0.39 is 0 Å². The van der Waals surface area contributed by atoms with E-state index in [9.17, 15) is 0 Å². The van der Waals surface area contributed by atoms with Crippen LogP contribution < -0.4 is 0 Å². The van der Waals surface area contributed by atoms with E-state index in [4.69, 9.17) is 0 Å². The molecule has 0 unspecified atom stereocenters. The fraction of sp³-hybridized carbons (Fsp3) is 0.0625. The van der Waals surface area contributed by atoms with Gasteiger partial charge in [0.15, 0.2) is 0 Å². The van der Waals surface area contributed by atoms with Crippen LogP contribution >= 0.6 is 11.3 Å². The van der Waals surface area contributed by atoms with Crippen LogP contribution in [0.1, 0.15) is 25.0 Å². The molecule has 0 fully saturated rings. The van der Waals surface area contributed by atoms with E-state index in [0.29, 0.717) is 0 Å². The molecule has 0 amide bonds. The first-order valence-electron chi connectivity index (χ1n) is 17.5. The van der Waals surface area contributed by atoms with E-state index in [1.54, 1.807) is 11.3 Å². The van der Waals surface area contributed by atoms with Crippen molar-refractivity contribution in [2.45, 2.75) is 19.3 Å². The third-order valence-corrected chi connectivity index (χ3v) is 11.8. The van der Waals surface area contributed by atoms with Gasteiger partial charge in [-0.1, -0.05) is 111 Å². The summed E-state index contributed by atoms with van der Waals surface area (Å²) in [4.78, 5) is 7.03. The molecule has 51 heavy (non-hydrogen) atoms. The molecule has 6 aromatic carbocycles. The van der Waals surface area contributed by atoms with E-state index in [0.717, 1.165) is 11.4 Å². The molecular formula is C48H34N2S. The van der Waals surface area contributed by atoms with Gasteiger partial charge in [-0.25, -0.2) is 0 Å². The summed E-state index contributed by atoms with van der Waals surface area (Å²) in [5.74, 6) is 0. The number of nitrogens with zero attached hydrogens (tertiary/aromatic N) is 2. The monoisotopic (exact) mass is 670 g/mol. The molecule has 0 radical (unpaired) electrons. The van der Waals surface area contributed by atoms with Gasteiger partial charge in [0.05, 0.1) is 21.6 Å². The number of aromatic nitrogens is 2. The Hall–Kier alpha value is -6.03. The van der Waals surface area contributed by atoms with E-state index in [2.05, 4.69) is 181 Å². The van der Waals surface area contributed by atoms with Crippen molar-refractivity contribution in [3.05, 3.63) is 181 Å². The normalized spacial score (nSPS) is 13.1. The molecule has 1 aliphatic rings. The molecular weight excluding hydrogens is 637 g/mol. The van der Waals surface area contributed by atoms with Crippen molar-refractivity contribution >= 4 is 33.1 Å². The molecule has 10 rings (SSSR count). The first-order valence-corrected chi connectivity index (χ1v) is 18.4. The van der Waals surface area contributed by atoms with Crippen LogP contribution in [0.25, 0.3) is 81.9 Å². The quantitative estimate of drug-likeness (QED) is 0.178. The molecule has 0 saturated carbocycles. The van der Waals surface area contributed by atoms with Crippen molar-refractivity contribution in [1.29, 1.82) is 0 Å². The molecule has 0 saturated heterocycles. The molecule has 1 aliphatic carbocycles. The van der Waals surface area contributed by atoms with Crippen LogP contribution in [0.5, 0.6) is 0 Å². The van der Waals surface area contributed by atoms with Gasteiger partial charge in [-0.15, -0.1) is 11.3 Å². The molecule has 0 spiro atoms. The van der Waals surface area contributed by atoms with Crippen LogP contribution in [0, 0.1) is 0 Å². The van der Waals surface area contributed by atoms with Crippen molar-refractivity contribution in [3.63, 3.8) is 0 Å². The number of pyridine rings is 1. The average molecular weight is 671 g/mol. The first kappa shape index (κ1) is 29.8. The number of rotatable bonds is 5. The zero-order valence-corrected chi connectivity index (χ0v) is 29.3. The Morgan fingerprint density at radius 2 is 1.14 bits per heavy atom. The standard InChI is InChI=1S/C48H34N2S/c1-48(2)41-18-10-9-17-37(41)38-29-40-39-28-33(46-22-23-47(51-46)43-19-11-12-24-49-43)20-21-44(39)50(45(40)30-42(38)48)36-26-34(31-13-5-3-6-14-31)25-35(27-36)32-15-7-4-8-16-32/h3-30H,1-2H3. The number of thiophene rings is 1. The zero-order valence-electron chi connectivity index (χ0n) is 28.5. The van der Waals surface area contributed by atoms with Crippen molar-refractivity contribution < 1.29 is 0 Å².